The van der Waals surface area contributed by atoms with Crippen molar-refractivity contribution in [1.29, 1.82) is 0 Å². The van der Waals surface area contributed by atoms with Crippen LogP contribution < -0.4 is 15.5 Å². The van der Waals surface area contributed by atoms with Crippen molar-refractivity contribution in [3.05, 3.63) is 30.0 Å². The maximum absolute atomic E-state index is 5.28. The molecule has 28 heavy (non-hydrogen) atoms. The molecule has 152 valence electrons. The molecule has 0 amide bonds. The van der Waals surface area contributed by atoms with E-state index in [9.17, 15) is 0 Å². The third kappa shape index (κ3) is 4.86. The Morgan fingerprint density at radius 3 is 2.71 bits per heavy atom. The van der Waals surface area contributed by atoms with Gasteiger partial charge in [0.05, 0.1) is 12.3 Å². The van der Waals surface area contributed by atoms with Crippen LogP contribution >= 0.6 is 0 Å². The maximum Gasteiger partial charge on any atom is 0.136 e. The quantitative estimate of drug-likeness (QED) is 0.752. The van der Waals surface area contributed by atoms with Gasteiger partial charge in [-0.3, -0.25) is 0 Å². The van der Waals surface area contributed by atoms with E-state index in [-0.39, 0.29) is 5.41 Å². The van der Waals surface area contributed by atoms with Crippen molar-refractivity contribution < 1.29 is 4.74 Å². The van der Waals surface area contributed by atoms with Crippen molar-refractivity contribution in [3.63, 3.8) is 0 Å². The van der Waals surface area contributed by atoms with Gasteiger partial charge in [-0.1, -0.05) is 20.8 Å². The van der Waals surface area contributed by atoms with E-state index in [0.29, 0.717) is 12.6 Å². The maximum atomic E-state index is 5.28. The van der Waals surface area contributed by atoms with E-state index >= 15 is 0 Å². The number of methoxy groups -OCH3 is 1. The number of hydrogen-bond acceptors (Lipinski definition) is 8. The fourth-order valence-electron chi connectivity index (χ4n) is 3.36. The highest BCUT2D eigenvalue weighted by Gasteiger charge is 2.26. The Labute approximate surface area is 167 Å². The molecule has 0 aromatic carbocycles. The Morgan fingerprint density at radius 1 is 1.18 bits per heavy atom. The Balaban J connectivity index is 1.74. The van der Waals surface area contributed by atoms with Gasteiger partial charge in [0.15, 0.2) is 0 Å². The van der Waals surface area contributed by atoms with Gasteiger partial charge < -0.3 is 20.3 Å². The van der Waals surface area contributed by atoms with E-state index in [1.54, 1.807) is 13.4 Å². The standard InChI is InChI=1S/C20H31N7O/c1-20(2,3)19-25-14(12-28-5)9-17(26-19)22-11-15-7-6-8-27(15)18-10-16(21-4)23-13-24-18/h9-10,13,15H,6-8,11-12H2,1-5H3,(H,21,23,24)(H,22,25,26). The van der Waals surface area contributed by atoms with Gasteiger partial charge in [-0.05, 0) is 12.8 Å². The fraction of sp³-hybridized carbons (Fsp3) is 0.600. The molecule has 2 aromatic rings. The number of rotatable bonds is 7. The average Bonchev–Trinajstić information content (AvgIpc) is 3.14. The van der Waals surface area contributed by atoms with E-state index in [1.807, 2.05) is 19.2 Å². The zero-order valence-corrected chi connectivity index (χ0v) is 17.5. The molecule has 0 radical (unpaired) electrons. The lowest BCUT2D eigenvalue weighted by Crippen LogP contribution is -2.35. The van der Waals surface area contributed by atoms with Crippen LogP contribution in [-0.4, -0.2) is 53.2 Å². The van der Waals surface area contributed by atoms with Gasteiger partial charge in [0.25, 0.3) is 0 Å². The fourth-order valence-corrected chi connectivity index (χ4v) is 3.36. The van der Waals surface area contributed by atoms with Crippen molar-refractivity contribution >= 4 is 17.5 Å². The Kier molecular flexibility index (Phi) is 6.28. The molecule has 1 aliphatic heterocycles. The second-order valence-corrected chi connectivity index (χ2v) is 8.13. The summed E-state index contributed by atoms with van der Waals surface area (Å²) in [7, 11) is 3.55. The first-order chi connectivity index (χ1) is 13.4. The highest BCUT2D eigenvalue weighted by Crippen LogP contribution is 2.26. The first kappa shape index (κ1) is 20.3. The largest absolute Gasteiger partial charge is 0.378 e. The molecule has 1 fully saturated rings. The Hall–Kier alpha value is -2.48. The van der Waals surface area contributed by atoms with Crippen LogP contribution in [0.3, 0.4) is 0 Å². The number of nitrogens with zero attached hydrogens (tertiary/aromatic N) is 5. The van der Waals surface area contributed by atoms with E-state index in [0.717, 1.165) is 54.9 Å². The third-order valence-corrected chi connectivity index (χ3v) is 4.84. The van der Waals surface area contributed by atoms with Crippen LogP contribution in [0.2, 0.25) is 0 Å². The first-order valence-corrected chi connectivity index (χ1v) is 9.78. The van der Waals surface area contributed by atoms with Gasteiger partial charge >= 0.3 is 0 Å². The molecule has 1 aliphatic rings. The lowest BCUT2D eigenvalue weighted by atomic mass is 9.95. The lowest BCUT2D eigenvalue weighted by molar-refractivity contribution is 0.181. The molecule has 0 aliphatic carbocycles. The minimum absolute atomic E-state index is 0.121. The third-order valence-electron chi connectivity index (χ3n) is 4.84. The highest BCUT2D eigenvalue weighted by molar-refractivity contribution is 5.50. The Morgan fingerprint density at radius 2 is 2.00 bits per heavy atom. The van der Waals surface area contributed by atoms with Crippen LogP contribution in [0.1, 0.15) is 45.1 Å². The molecule has 3 heterocycles. The SMILES string of the molecule is CNc1cc(N2CCCC2CNc2cc(COC)nc(C(C)(C)C)n2)ncn1. The molecular weight excluding hydrogens is 354 g/mol. The van der Waals surface area contributed by atoms with E-state index in [2.05, 4.69) is 51.3 Å². The summed E-state index contributed by atoms with van der Waals surface area (Å²) in [5, 5.41) is 6.60. The summed E-state index contributed by atoms with van der Waals surface area (Å²) >= 11 is 0. The summed E-state index contributed by atoms with van der Waals surface area (Å²) < 4.78 is 5.28. The van der Waals surface area contributed by atoms with Gasteiger partial charge in [-0.2, -0.15) is 0 Å². The molecule has 0 spiro atoms. The van der Waals surface area contributed by atoms with Crippen LogP contribution in [0.5, 0.6) is 0 Å². The number of aromatic nitrogens is 4. The number of ether oxygens (including phenoxy) is 1. The predicted molar refractivity (Wildman–Crippen MR) is 112 cm³/mol. The van der Waals surface area contributed by atoms with Gasteiger partial charge in [0, 0.05) is 50.8 Å². The van der Waals surface area contributed by atoms with E-state index in [1.165, 1.54) is 0 Å². The number of nitrogens with one attached hydrogen (secondary N) is 2. The summed E-state index contributed by atoms with van der Waals surface area (Å²) in [5.74, 6) is 3.46. The molecule has 1 saturated heterocycles. The zero-order chi connectivity index (χ0) is 20.1. The molecular formula is C20H31N7O. The smallest absolute Gasteiger partial charge is 0.136 e. The topological polar surface area (TPSA) is 88.1 Å². The minimum Gasteiger partial charge on any atom is -0.378 e. The molecule has 8 heteroatoms. The van der Waals surface area contributed by atoms with Gasteiger partial charge in [0.2, 0.25) is 0 Å². The van der Waals surface area contributed by atoms with Crippen LogP contribution in [-0.2, 0) is 16.8 Å². The summed E-state index contributed by atoms with van der Waals surface area (Å²) in [6, 6.07) is 4.33. The molecule has 2 aromatic heterocycles. The van der Waals surface area contributed by atoms with Gasteiger partial charge in [0.1, 0.15) is 29.6 Å². The van der Waals surface area contributed by atoms with Crippen molar-refractivity contribution in [2.75, 3.05) is 42.8 Å². The van der Waals surface area contributed by atoms with Crippen LogP contribution in [0.15, 0.2) is 18.5 Å². The molecule has 8 nitrogen and oxygen atoms in total. The average molecular weight is 386 g/mol. The molecule has 2 N–H and O–H groups in total. The minimum atomic E-state index is -0.121. The van der Waals surface area contributed by atoms with Gasteiger partial charge in [-0.15, -0.1) is 0 Å². The lowest BCUT2D eigenvalue weighted by Gasteiger charge is -2.26. The van der Waals surface area contributed by atoms with Crippen LogP contribution in [0.4, 0.5) is 17.5 Å². The zero-order valence-electron chi connectivity index (χ0n) is 17.5. The van der Waals surface area contributed by atoms with Crippen LogP contribution in [0.25, 0.3) is 0 Å². The Bertz CT molecular complexity index is 790. The van der Waals surface area contributed by atoms with Crippen LogP contribution in [0, 0.1) is 0 Å². The number of anilines is 3. The summed E-state index contributed by atoms with van der Waals surface area (Å²) in [6.07, 6.45) is 3.88. The monoisotopic (exact) mass is 385 g/mol. The first-order valence-electron chi connectivity index (χ1n) is 9.78. The molecule has 0 saturated carbocycles. The summed E-state index contributed by atoms with van der Waals surface area (Å²) in [4.78, 5) is 20.4. The van der Waals surface area contributed by atoms with Crippen molar-refractivity contribution in [3.8, 4) is 0 Å². The second kappa shape index (κ2) is 8.68. The molecule has 1 unspecified atom stereocenters. The second-order valence-electron chi connectivity index (χ2n) is 8.13. The summed E-state index contributed by atoms with van der Waals surface area (Å²) in [5.41, 5.74) is 0.770. The highest BCUT2D eigenvalue weighted by atomic mass is 16.5. The predicted octanol–water partition coefficient (Wildman–Crippen LogP) is 2.83. The van der Waals surface area contributed by atoms with Gasteiger partial charge in [-0.25, -0.2) is 19.9 Å². The van der Waals surface area contributed by atoms with Crippen molar-refractivity contribution in [1.82, 2.24) is 19.9 Å². The van der Waals surface area contributed by atoms with E-state index < -0.39 is 0 Å². The number of hydrogen-bond donors (Lipinski definition) is 2. The van der Waals surface area contributed by atoms with Crippen molar-refractivity contribution in [2.24, 2.45) is 0 Å². The summed E-state index contributed by atoms with van der Waals surface area (Å²) in [6.45, 7) is 8.63. The molecule has 3 rings (SSSR count). The molecule has 0 bridgehead atoms. The molecule has 1 atom stereocenters. The van der Waals surface area contributed by atoms with Crippen molar-refractivity contribution in [2.45, 2.75) is 51.7 Å². The van der Waals surface area contributed by atoms with E-state index in [4.69, 9.17) is 9.72 Å². The normalized spacial score (nSPS) is 17.0.